The molecule has 2 aliphatic heterocycles. The van der Waals surface area contributed by atoms with Gasteiger partial charge in [-0.1, -0.05) is 30.3 Å². The maximum absolute atomic E-state index is 13.6. The van der Waals surface area contributed by atoms with Crippen molar-refractivity contribution in [2.75, 3.05) is 24.5 Å². The number of amides is 2. The van der Waals surface area contributed by atoms with Crippen molar-refractivity contribution in [3.63, 3.8) is 0 Å². The van der Waals surface area contributed by atoms with Crippen molar-refractivity contribution < 1.29 is 27.2 Å². The van der Waals surface area contributed by atoms with Crippen molar-refractivity contribution in [2.45, 2.75) is 31.6 Å². The van der Waals surface area contributed by atoms with Gasteiger partial charge in [-0.3, -0.25) is 9.59 Å². The highest BCUT2D eigenvalue weighted by Crippen LogP contribution is 2.40. The van der Waals surface area contributed by atoms with Crippen LogP contribution in [0, 0.1) is 5.92 Å². The number of anilines is 1. The van der Waals surface area contributed by atoms with Gasteiger partial charge in [-0.2, -0.15) is 13.2 Å². The summed E-state index contributed by atoms with van der Waals surface area (Å²) in [5.41, 5.74) is 1.36. The Kier molecular flexibility index (Phi) is 6.24. The van der Waals surface area contributed by atoms with Crippen LogP contribution in [0.3, 0.4) is 0 Å². The topological polar surface area (TPSA) is 65.8 Å². The van der Waals surface area contributed by atoms with Crippen LogP contribution in [0.1, 0.15) is 40.2 Å². The second kappa shape index (κ2) is 9.37. The van der Waals surface area contributed by atoms with Crippen LogP contribution in [0.4, 0.5) is 18.9 Å². The van der Waals surface area contributed by atoms with E-state index in [1.165, 1.54) is 12.3 Å². The third-order valence-corrected chi connectivity index (χ3v) is 7.05. The minimum Gasteiger partial charge on any atom is -0.459 e. The van der Waals surface area contributed by atoms with Gasteiger partial charge in [0.1, 0.15) is 0 Å². The Bertz CT molecular complexity index is 1240. The molecule has 6 nitrogen and oxygen atoms in total. The van der Waals surface area contributed by atoms with E-state index < -0.39 is 17.7 Å². The van der Waals surface area contributed by atoms with Crippen LogP contribution in [0.5, 0.6) is 0 Å². The van der Waals surface area contributed by atoms with Crippen molar-refractivity contribution in [2.24, 2.45) is 5.92 Å². The first-order valence-electron chi connectivity index (χ1n) is 11.9. The molecule has 0 aliphatic carbocycles. The molecule has 9 heteroatoms. The predicted molar refractivity (Wildman–Crippen MR) is 127 cm³/mol. The van der Waals surface area contributed by atoms with Gasteiger partial charge in [-0.15, -0.1) is 0 Å². The lowest BCUT2D eigenvalue weighted by molar-refractivity contribution is -0.137. The van der Waals surface area contributed by atoms with Crippen LogP contribution < -0.4 is 10.2 Å². The third kappa shape index (κ3) is 4.57. The number of hydrogen-bond donors (Lipinski definition) is 1. The van der Waals surface area contributed by atoms with E-state index in [0.717, 1.165) is 17.7 Å². The Hall–Kier alpha value is -3.75. The van der Waals surface area contributed by atoms with Crippen LogP contribution in [0.25, 0.3) is 0 Å². The van der Waals surface area contributed by atoms with Crippen molar-refractivity contribution in [1.82, 2.24) is 10.2 Å². The van der Waals surface area contributed by atoms with Gasteiger partial charge in [-0.05, 0) is 54.8 Å². The Morgan fingerprint density at radius 3 is 2.53 bits per heavy atom. The zero-order valence-electron chi connectivity index (χ0n) is 19.7. The van der Waals surface area contributed by atoms with Crippen LogP contribution in [0.15, 0.2) is 71.3 Å². The van der Waals surface area contributed by atoms with Crippen LogP contribution in [0.2, 0.25) is 0 Å². The number of furan rings is 1. The molecular weight excluding hydrogens is 471 g/mol. The molecule has 5 rings (SSSR count). The number of halogens is 3. The molecule has 188 valence electrons. The molecule has 2 amide bonds. The van der Waals surface area contributed by atoms with Gasteiger partial charge in [0.2, 0.25) is 5.91 Å². The molecule has 3 heterocycles. The molecule has 0 radical (unpaired) electrons. The average molecular weight is 498 g/mol. The minimum atomic E-state index is -4.47. The van der Waals surface area contributed by atoms with Crippen LogP contribution in [-0.2, 0) is 17.4 Å². The SMILES string of the molecule is C[C@@H](NC(=O)[C@H]1Cc2cc(C(F)(F)F)ccc2N2CCN(C(=O)c3ccco3)C[C@@H]12)c1ccccc1. The maximum atomic E-state index is 13.6. The number of hydrogen-bond acceptors (Lipinski definition) is 4. The van der Waals surface area contributed by atoms with Gasteiger partial charge in [0.25, 0.3) is 5.91 Å². The van der Waals surface area contributed by atoms with Crippen molar-refractivity contribution in [3.8, 4) is 0 Å². The van der Waals surface area contributed by atoms with Gasteiger partial charge >= 0.3 is 6.18 Å². The summed E-state index contributed by atoms with van der Waals surface area (Å²) in [6.07, 6.45) is -2.89. The van der Waals surface area contributed by atoms with Gasteiger partial charge < -0.3 is 19.5 Å². The Morgan fingerprint density at radius 1 is 1.06 bits per heavy atom. The summed E-state index contributed by atoms with van der Waals surface area (Å²) >= 11 is 0. The number of nitrogens with zero attached hydrogens (tertiary/aromatic N) is 2. The number of alkyl halides is 3. The number of nitrogens with one attached hydrogen (secondary N) is 1. The highest BCUT2D eigenvalue weighted by molar-refractivity contribution is 5.92. The average Bonchev–Trinajstić information content (AvgIpc) is 3.42. The van der Waals surface area contributed by atoms with Crippen molar-refractivity contribution >= 4 is 17.5 Å². The first-order chi connectivity index (χ1) is 17.2. The van der Waals surface area contributed by atoms with E-state index in [-0.39, 0.29) is 42.6 Å². The third-order valence-electron chi connectivity index (χ3n) is 7.05. The highest BCUT2D eigenvalue weighted by Gasteiger charge is 2.44. The van der Waals surface area contributed by atoms with Gasteiger partial charge in [0.05, 0.1) is 29.8 Å². The molecule has 0 bridgehead atoms. The largest absolute Gasteiger partial charge is 0.459 e. The maximum Gasteiger partial charge on any atom is 0.416 e. The smallest absolute Gasteiger partial charge is 0.416 e. The molecule has 36 heavy (non-hydrogen) atoms. The highest BCUT2D eigenvalue weighted by atomic mass is 19.4. The van der Waals surface area contributed by atoms with Gasteiger partial charge in [-0.25, -0.2) is 0 Å². The Morgan fingerprint density at radius 2 is 1.83 bits per heavy atom. The summed E-state index contributed by atoms with van der Waals surface area (Å²) < 4.78 is 45.6. The fraction of sp³-hybridized carbons (Fsp3) is 0.333. The normalized spacial score (nSPS) is 20.3. The van der Waals surface area contributed by atoms with Crippen LogP contribution in [-0.4, -0.2) is 42.4 Å². The number of carbonyl (C=O) groups is 2. The molecule has 2 aromatic carbocycles. The first-order valence-corrected chi connectivity index (χ1v) is 11.9. The summed E-state index contributed by atoms with van der Waals surface area (Å²) in [7, 11) is 0. The fourth-order valence-electron chi connectivity index (χ4n) is 5.19. The Labute approximate surface area is 206 Å². The summed E-state index contributed by atoms with van der Waals surface area (Å²) in [6, 6.07) is 15.7. The summed E-state index contributed by atoms with van der Waals surface area (Å²) in [5.74, 6) is -0.945. The summed E-state index contributed by atoms with van der Waals surface area (Å²) in [6.45, 7) is 2.90. The molecule has 3 aromatic rings. The number of fused-ring (bicyclic) bond motifs is 3. The van der Waals surface area contributed by atoms with E-state index in [4.69, 9.17) is 4.42 Å². The lowest BCUT2D eigenvalue weighted by Crippen LogP contribution is -2.62. The Balaban J connectivity index is 1.45. The van der Waals surface area contributed by atoms with Crippen molar-refractivity contribution in [1.29, 1.82) is 0 Å². The molecule has 0 saturated carbocycles. The zero-order chi connectivity index (χ0) is 25.4. The molecule has 1 fully saturated rings. The molecule has 3 atom stereocenters. The molecule has 0 spiro atoms. The monoisotopic (exact) mass is 497 g/mol. The first kappa shape index (κ1) is 24.0. The molecule has 1 N–H and O–H groups in total. The quantitative estimate of drug-likeness (QED) is 0.569. The fourth-order valence-corrected chi connectivity index (χ4v) is 5.19. The van der Waals surface area contributed by atoms with E-state index >= 15 is 0 Å². The predicted octanol–water partition coefficient (Wildman–Crippen LogP) is 4.68. The lowest BCUT2D eigenvalue weighted by atomic mass is 9.82. The van der Waals surface area contributed by atoms with E-state index in [9.17, 15) is 22.8 Å². The molecular formula is C27H26F3N3O3. The minimum absolute atomic E-state index is 0.149. The second-order valence-electron chi connectivity index (χ2n) is 9.28. The lowest BCUT2D eigenvalue weighted by Gasteiger charge is -2.49. The molecule has 1 aromatic heterocycles. The standard InChI is InChI=1S/C27H26F3N3O3/c1-17(18-6-3-2-4-7-18)31-25(34)21-15-19-14-20(27(28,29)30)9-10-22(19)33-12-11-32(16-23(21)33)26(35)24-8-5-13-36-24/h2-10,13-14,17,21,23H,11-12,15-16H2,1H3,(H,31,34)/t17-,21+,23+/m1/s1. The van der Waals surface area contributed by atoms with Gasteiger partial charge in [0, 0.05) is 25.3 Å². The number of benzene rings is 2. The zero-order valence-corrected chi connectivity index (χ0v) is 19.7. The van der Waals surface area contributed by atoms with E-state index in [1.54, 1.807) is 17.0 Å². The number of carbonyl (C=O) groups excluding carboxylic acids is 2. The van der Waals surface area contributed by atoms with Crippen LogP contribution >= 0.6 is 0 Å². The number of rotatable bonds is 4. The summed E-state index contributed by atoms with van der Waals surface area (Å²) in [5, 5.41) is 3.04. The van der Waals surface area contributed by atoms with Crippen molar-refractivity contribution in [3.05, 3.63) is 89.4 Å². The van der Waals surface area contributed by atoms with Gasteiger partial charge in [0.15, 0.2) is 5.76 Å². The van der Waals surface area contributed by atoms with E-state index in [2.05, 4.69) is 5.32 Å². The molecule has 1 saturated heterocycles. The second-order valence-corrected chi connectivity index (χ2v) is 9.28. The van der Waals surface area contributed by atoms with E-state index in [0.29, 0.717) is 24.3 Å². The van der Waals surface area contributed by atoms with E-state index in [1.807, 2.05) is 42.2 Å². The molecule has 2 aliphatic rings. The molecule has 0 unspecified atom stereocenters. The number of piperazine rings is 1. The summed E-state index contributed by atoms with van der Waals surface area (Å²) in [4.78, 5) is 30.1.